The van der Waals surface area contributed by atoms with Crippen molar-refractivity contribution in [3.8, 4) is 11.5 Å². The first kappa shape index (κ1) is 17.8. The molecule has 1 aromatic carbocycles. The molecule has 0 heterocycles. The Bertz CT molecular complexity index is 363. The molecule has 1 atom stereocenters. The second-order valence-corrected chi connectivity index (χ2v) is 4.89. The van der Waals surface area contributed by atoms with E-state index in [-0.39, 0.29) is 13.2 Å². The van der Waals surface area contributed by atoms with Crippen LogP contribution in [-0.2, 0) is 0 Å². The van der Waals surface area contributed by atoms with E-state index >= 15 is 0 Å². The normalized spacial score (nSPS) is 12.4. The van der Waals surface area contributed by atoms with E-state index in [1.807, 2.05) is 36.1 Å². The Hall–Kier alpha value is -1.30. The van der Waals surface area contributed by atoms with Crippen LogP contribution in [-0.4, -0.2) is 60.7 Å². The summed E-state index contributed by atoms with van der Waals surface area (Å²) in [5.74, 6) is 1.52. The van der Waals surface area contributed by atoms with Gasteiger partial charge >= 0.3 is 0 Å². The van der Waals surface area contributed by atoms with Crippen LogP contribution in [0.4, 0.5) is 0 Å². The van der Waals surface area contributed by atoms with Crippen molar-refractivity contribution in [1.82, 2.24) is 4.90 Å². The van der Waals surface area contributed by atoms with E-state index in [0.29, 0.717) is 25.4 Å². The predicted octanol–water partition coefficient (Wildman–Crippen LogP) is 1.53. The lowest BCUT2D eigenvalue weighted by Gasteiger charge is -2.23. The molecule has 5 heteroatoms. The summed E-state index contributed by atoms with van der Waals surface area (Å²) in [5, 5.41) is 19.0. The van der Waals surface area contributed by atoms with Gasteiger partial charge < -0.3 is 19.7 Å². The van der Waals surface area contributed by atoms with Gasteiger partial charge in [0, 0.05) is 13.1 Å². The minimum absolute atomic E-state index is 0.104. The van der Waals surface area contributed by atoms with Crippen LogP contribution in [0, 0.1) is 0 Å². The van der Waals surface area contributed by atoms with Crippen molar-refractivity contribution < 1.29 is 19.7 Å². The Kier molecular flexibility index (Phi) is 8.82. The Morgan fingerprint density at radius 2 is 1.67 bits per heavy atom. The van der Waals surface area contributed by atoms with Crippen molar-refractivity contribution in [1.29, 1.82) is 0 Å². The predicted molar refractivity (Wildman–Crippen MR) is 82.9 cm³/mol. The molecule has 0 amide bonds. The van der Waals surface area contributed by atoms with Crippen LogP contribution in [0.5, 0.6) is 11.5 Å². The minimum Gasteiger partial charge on any atom is -0.494 e. The van der Waals surface area contributed by atoms with Crippen LogP contribution in [0.25, 0.3) is 0 Å². The molecule has 1 rings (SSSR count). The number of rotatable bonds is 11. The van der Waals surface area contributed by atoms with Gasteiger partial charge in [-0.05, 0) is 44.2 Å². The van der Waals surface area contributed by atoms with Crippen molar-refractivity contribution in [3.63, 3.8) is 0 Å². The highest BCUT2D eigenvalue weighted by atomic mass is 16.5. The van der Waals surface area contributed by atoms with Crippen molar-refractivity contribution in [2.75, 3.05) is 39.5 Å². The highest BCUT2D eigenvalue weighted by Gasteiger charge is 2.11. The van der Waals surface area contributed by atoms with Crippen molar-refractivity contribution in [2.45, 2.75) is 26.4 Å². The van der Waals surface area contributed by atoms with Crippen LogP contribution in [0.1, 0.15) is 20.3 Å². The molecule has 0 saturated heterocycles. The van der Waals surface area contributed by atoms with E-state index in [2.05, 4.69) is 6.92 Å². The summed E-state index contributed by atoms with van der Waals surface area (Å²) >= 11 is 0. The Balaban J connectivity index is 2.35. The zero-order valence-electron chi connectivity index (χ0n) is 13.0. The van der Waals surface area contributed by atoms with Gasteiger partial charge in [-0.2, -0.15) is 0 Å². The fourth-order valence-corrected chi connectivity index (χ4v) is 2.09. The third-order valence-electron chi connectivity index (χ3n) is 3.00. The fraction of sp³-hybridized carbons (Fsp3) is 0.625. The van der Waals surface area contributed by atoms with E-state index in [1.165, 1.54) is 0 Å². The lowest BCUT2D eigenvalue weighted by atomic mass is 10.3. The quantitative estimate of drug-likeness (QED) is 0.648. The molecule has 0 fully saturated rings. The molecule has 1 aromatic rings. The minimum atomic E-state index is -0.574. The lowest BCUT2D eigenvalue weighted by molar-refractivity contribution is 0.0618. The van der Waals surface area contributed by atoms with Crippen LogP contribution in [0.3, 0.4) is 0 Å². The van der Waals surface area contributed by atoms with E-state index in [1.54, 1.807) is 0 Å². The Morgan fingerprint density at radius 1 is 1.05 bits per heavy atom. The maximum atomic E-state index is 10.0. The topological polar surface area (TPSA) is 62.2 Å². The Labute approximate surface area is 127 Å². The number of hydrogen-bond acceptors (Lipinski definition) is 5. The molecule has 0 aliphatic heterocycles. The van der Waals surface area contributed by atoms with Gasteiger partial charge in [0.1, 0.15) is 24.2 Å². The number of aliphatic hydroxyl groups is 2. The number of hydrogen-bond donors (Lipinski definition) is 2. The third-order valence-corrected chi connectivity index (χ3v) is 3.00. The smallest absolute Gasteiger partial charge is 0.119 e. The first-order valence-corrected chi connectivity index (χ1v) is 7.56. The summed E-state index contributed by atoms with van der Waals surface area (Å²) in [6.07, 6.45) is 0.418. The monoisotopic (exact) mass is 297 g/mol. The van der Waals surface area contributed by atoms with Crippen LogP contribution >= 0.6 is 0 Å². The SMILES string of the molecule is CCCN(CCO)CC(O)COc1ccc(OCC)cc1. The molecule has 120 valence electrons. The van der Waals surface area contributed by atoms with E-state index in [4.69, 9.17) is 14.6 Å². The van der Waals surface area contributed by atoms with Gasteiger partial charge in [0.05, 0.1) is 13.2 Å². The van der Waals surface area contributed by atoms with E-state index in [9.17, 15) is 5.11 Å². The zero-order valence-corrected chi connectivity index (χ0v) is 13.0. The van der Waals surface area contributed by atoms with Crippen molar-refractivity contribution >= 4 is 0 Å². The molecule has 5 nitrogen and oxygen atoms in total. The van der Waals surface area contributed by atoms with Gasteiger partial charge in [-0.1, -0.05) is 6.92 Å². The highest BCUT2D eigenvalue weighted by Crippen LogP contribution is 2.17. The second kappa shape index (κ2) is 10.4. The molecule has 0 radical (unpaired) electrons. The summed E-state index contributed by atoms with van der Waals surface area (Å²) in [5.41, 5.74) is 0. The summed E-state index contributed by atoms with van der Waals surface area (Å²) in [7, 11) is 0. The molecule has 0 aliphatic rings. The number of benzene rings is 1. The van der Waals surface area contributed by atoms with Crippen LogP contribution in [0.2, 0.25) is 0 Å². The van der Waals surface area contributed by atoms with Gasteiger partial charge in [0.2, 0.25) is 0 Å². The number of nitrogens with zero attached hydrogens (tertiary/aromatic N) is 1. The zero-order chi connectivity index (χ0) is 15.5. The number of aliphatic hydroxyl groups excluding tert-OH is 2. The first-order valence-electron chi connectivity index (χ1n) is 7.56. The first-order chi connectivity index (χ1) is 10.2. The van der Waals surface area contributed by atoms with Gasteiger partial charge in [0.25, 0.3) is 0 Å². The maximum Gasteiger partial charge on any atom is 0.119 e. The van der Waals surface area contributed by atoms with Crippen LogP contribution < -0.4 is 9.47 Å². The van der Waals surface area contributed by atoms with Crippen molar-refractivity contribution in [3.05, 3.63) is 24.3 Å². The fourth-order valence-electron chi connectivity index (χ4n) is 2.09. The summed E-state index contributed by atoms with van der Waals surface area (Å²) in [6.45, 7) is 6.94. The van der Waals surface area contributed by atoms with Gasteiger partial charge in [-0.3, -0.25) is 4.90 Å². The molecule has 1 unspecified atom stereocenters. The molecular formula is C16H27NO4. The van der Waals surface area contributed by atoms with Gasteiger partial charge in [-0.15, -0.1) is 0 Å². The molecule has 21 heavy (non-hydrogen) atoms. The standard InChI is InChI=1S/C16H27NO4/c1-3-9-17(10-11-18)12-14(19)13-21-16-7-5-15(6-8-16)20-4-2/h5-8,14,18-19H,3-4,9-13H2,1-2H3. The highest BCUT2D eigenvalue weighted by molar-refractivity contribution is 5.31. The van der Waals surface area contributed by atoms with E-state index in [0.717, 1.165) is 18.7 Å². The summed E-state index contributed by atoms with van der Waals surface area (Å²) < 4.78 is 10.9. The largest absolute Gasteiger partial charge is 0.494 e. The molecule has 0 saturated carbocycles. The number of ether oxygens (including phenoxy) is 2. The molecule has 0 spiro atoms. The van der Waals surface area contributed by atoms with Crippen LogP contribution in [0.15, 0.2) is 24.3 Å². The third kappa shape index (κ3) is 7.32. The summed E-state index contributed by atoms with van der Waals surface area (Å²) in [6, 6.07) is 7.35. The molecule has 2 N–H and O–H groups in total. The lowest BCUT2D eigenvalue weighted by Crippen LogP contribution is -2.37. The van der Waals surface area contributed by atoms with Gasteiger partial charge in [0.15, 0.2) is 0 Å². The second-order valence-electron chi connectivity index (χ2n) is 4.89. The summed E-state index contributed by atoms with van der Waals surface area (Å²) in [4.78, 5) is 2.03. The van der Waals surface area contributed by atoms with Gasteiger partial charge in [-0.25, -0.2) is 0 Å². The van der Waals surface area contributed by atoms with E-state index < -0.39 is 6.10 Å². The molecule has 0 bridgehead atoms. The average molecular weight is 297 g/mol. The molecular weight excluding hydrogens is 270 g/mol. The molecule has 0 aliphatic carbocycles. The maximum absolute atomic E-state index is 10.0. The van der Waals surface area contributed by atoms with Crippen molar-refractivity contribution in [2.24, 2.45) is 0 Å². The average Bonchev–Trinajstić information content (AvgIpc) is 2.47. The Morgan fingerprint density at radius 3 is 2.19 bits per heavy atom. The molecule has 0 aromatic heterocycles.